The number of nitrogens with zero attached hydrogens (tertiary/aromatic N) is 8. The molecule has 0 saturated carbocycles. The molecule has 10 rings (SSSR count). The molecule has 712 valence electrons. The molecule has 5 aliphatic heterocycles. The quantitative estimate of drug-likeness (QED) is 0.0205. The fraction of sp³-hybridized carbons (Fsp3) is 0.590. The lowest BCUT2D eigenvalue weighted by Gasteiger charge is -2.38. The highest BCUT2D eigenvalue weighted by atomic mass is 33.1. The number of aliphatic imine (C=N–C) groups is 1. The summed E-state index contributed by atoms with van der Waals surface area (Å²) in [6.45, 7) is 9.17. The van der Waals surface area contributed by atoms with Crippen LogP contribution in [-0.2, 0) is 108 Å². The van der Waals surface area contributed by atoms with E-state index in [9.17, 15) is 106 Å². The van der Waals surface area contributed by atoms with Crippen LogP contribution in [0.2, 0.25) is 0 Å². The van der Waals surface area contributed by atoms with E-state index in [0.29, 0.717) is 57.2 Å². The van der Waals surface area contributed by atoms with Gasteiger partial charge in [-0.25, -0.2) is 23.3 Å². The summed E-state index contributed by atoms with van der Waals surface area (Å²) in [5.41, 5.74) is 15.2. The van der Waals surface area contributed by atoms with Crippen LogP contribution >= 0.6 is 45.1 Å². The number of allylic oxidation sites excluding steroid dienone is 4. The van der Waals surface area contributed by atoms with Gasteiger partial charge in [-0.05, 0) is 169 Å². The molecular weight excluding hydrogens is 1800 g/mol. The van der Waals surface area contributed by atoms with Crippen LogP contribution in [0.4, 0.5) is 5.82 Å². The van der Waals surface area contributed by atoms with E-state index in [1.807, 2.05) is 30.4 Å². The monoisotopic (exact) mass is 1910 g/mol. The molecular formula is C83H115N14O28P3S2. The van der Waals surface area contributed by atoms with Crippen LogP contribution in [0.5, 0.6) is 0 Å². The highest BCUT2D eigenvalue weighted by molar-refractivity contribution is 8.76. The summed E-state index contributed by atoms with van der Waals surface area (Å²) >= 11 is 0. The third-order valence-corrected chi connectivity index (χ3v) is 30.0. The predicted molar refractivity (Wildman–Crippen MR) is 472 cm³/mol. The van der Waals surface area contributed by atoms with E-state index in [1.54, 1.807) is 16.8 Å². The number of ether oxygens (including phenoxy) is 1. The van der Waals surface area contributed by atoms with Crippen molar-refractivity contribution in [3.8, 4) is 0 Å². The maximum absolute atomic E-state index is 14.9. The highest BCUT2D eigenvalue weighted by Crippen LogP contribution is 2.66. The number of carbonyl (C=O) groups excluding carboxylic acids is 10. The lowest BCUT2D eigenvalue weighted by atomic mass is 9.65. The normalized spacial score (nSPS) is 22.1. The third kappa shape index (κ3) is 27.8. The van der Waals surface area contributed by atoms with Crippen LogP contribution in [0.25, 0.3) is 0 Å². The van der Waals surface area contributed by atoms with Gasteiger partial charge in [0.2, 0.25) is 53.2 Å². The number of nitrogens with one attached hydrogen (secondary N) is 5. The number of aromatic nitrogens is 2. The summed E-state index contributed by atoms with van der Waals surface area (Å²) in [7, 11) is -12.6. The van der Waals surface area contributed by atoms with Gasteiger partial charge in [0.15, 0.2) is 0 Å². The number of carboxylic acid groups (broad SMARTS) is 3. The number of nitrogen functional groups attached to an aromatic ring is 1. The Morgan fingerprint density at radius 2 is 1.30 bits per heavy atom. The second-order valence-corrected chi connectivity index (χ2v) is 40.2. The molecule has 7 aliphatic rings. The van der Waals surface area contributed by atoms with Gasteiger partial charge in [0.25, 0.3) is 5.91 Å². The summed E-state index contributed by atoms with van der Waals surface area (Å²) in [6, 6.07) is 3.00. The Bertz CT molecular complexity index is 5070. The number of benzene rings is 2. The van der Waals surface area contributed by atoms with Crippen molar-refractivity contribution in [2.75, 3.05) is 76.7 Å². The first kappa shape index (κ1) is 103. The molecule has 130 heavy (non-hydrogen) atoms. The second-order valence-electron chi connectivity index (χ2n) is 33.1. The van der Waals surface area contributed by atoms with Crippen molar-refractivity contribution in [2.24, 2.45) is 10.9 Å². The number of likely N-dealkylation sites (tertiary alicyclic amines) is 4. The summed E-state index contributed by atoms with van der Waals surface area (Å²) in [6.07, 6.45) is 7.75. The number of hydrogen-bond donors (Lipinski definition) is 13. The Morgan fingerprint density at radius 3 is 1.96 bits per heavy atom. The van der Waals surface area contributed by atoms with Crippen molar-refractivity contribution < 1.29 is 129 Å². The number of aryl methyl sites for hydroxylation is 2. The van der Waals surface area contributed by atoms with Gasteiger partial charge in [-0.15, -0.1) is 0 Å². The van der Waals surface area contributed by atoms with Crippen LogP contribution in [0.1, 0.15) is 205 Å². The summed E-state index contributed by atoms with van der Waals surface area (Å²) in [5.74, 6) is -10.7. The molecule has 10 amide bonds. The van der Waals surface area contributed by atoms with Gasteiger partial charge in [-0.1, -0.05) is 76.9 Å². The van der Waals surface area contributed by atoms with Crippen molar-refractivity contribution in [1.82, 2.24) is 60.6 Å². The molecule has 42 nitrogen and oxygen atoms in total. The molecule has 3 aromatic rings. The van der Waals surface area contributed by atoms with Crippen LogP contribution in [0.15, 0.2) is 75.7 Å². The zero-order valence-corrected chi connectivity index (χ0v) is 77.2. The highest BCUT2D eigenvalue weighted by Gasteiger charge is 2.47. The number of unbranched alkanes of at least 4 members (excludes halogenated alkanes) is 1. The number of phosphoric ester groups is 1. The molecule has 5 fully saturated rings. The van der Waals surface area contributed by atoms with E-state index in [1.165, 1.54) is 65.4 Å². The topological polar surface area (TPSA) is 601 Å². The number of amides is 10. The molecule has 5 saturated heterocycles. The maximum atomic E-state index is 14.9. The van der Waals surface area contributed by atoms with Gasteiger partial charge in [0.1, 0.15) is 54.3 Å². The zero-order chi connectivity index (χ0) is 94.6. The van der Waals surface area contributed by atoms with Crippen molar-refractivity contribution >= 4 is 134 Å². The smallest absolute Gasteiger partial charge is 0.481 e. The molecule has 0 radical (unpaired) electrons. The Kier molecular flexibility index (Phi) is 36.8. The lowest BCUT2D eigenvalue weighted by molar-refractivity contribution is -0.148. The number of carbonyl (C=O) groups is 13. The molecule has 11 unspecified atom stereocenters. The minimum Gasteiger partial charge on any atom is -0.481 e. The fourth-order valence-electron chi connectivity index (χ4n) is 17.6. The third-order valence-electron chi connectivity index (χ3n) is 23.8. The first-order valence-electron chi connectivity index (χ1n) is 43.4. The number of nitrogens with two attached hydrogens (primary N) is 1. The first-order chi connectivity index (χ1) is 61.6. The number of hydrogen-bond acceptors (Lipinski definition) is 26. The van der Waals surface area contributed by atoms with Crippen LogP contribution < -0.4 is 38.0 Å². The SMILES string of the molecule is CCCc1cc2c(cc1C)C(c1ccccc1C(=O)N(C)CCCC(=O)N1CCCC1C(=O)N1CCCC1C(=O)NCCCCC(NC(=O)C1CCCN1C(=O)CCSSCCC(=O)NCc1cn([C@H]3CC[C@@H](COP(=O)(O)OP(=O)(O)OP(=O)(O)O)O3)c(=O)nc1N)C(=O)N1CCCC1C(=O)NC(CC(=O)O)C(=O)NC(CC(=O)O)C(=O)O)C1C=C(C)/C(=N/CC)C=C1C2. The number of rotatable bonds is 45. The molecule has 2 aliphatic carbocycles. The minimum absolute atomic E-state index is 0.00367. The zero-order valence-electron chi connectivity index (χ0n) is 72.9. The molecule has 0 spiro atoms. The molecule has 2 aromatic carbocycles. The Morgan fingerprint density at radius 1 is 0.685 bits per heavy atom. The molecule has 47 heteroatoms. The van der Waals surface area contributed by atoms with Gasteiger partial charge in [-0.3, -0.25) is 71.6 Å². The Balaban J connectivity index is 0.713. The van der Waals surface area contributed by atoms with E-state index < -0.39 is 162 Å². The maximum Gasteiger partial charge on any atom is 0.490 e. The van der Waals surface area contributed by atoms with E-state index in [2.05, 4.69) is 90.5 Å². The van der Waals surface area contributed by atoms with E-state index >= 15 is 0 Å². The molecule has 14 N–H and O–H groups in total. The standard InChI is InChI=1S/C83H115N14O28P3S2/c1-6-17-50-40-51-41-52-42-60(85-7-2)49(4)39-58(52)73(57(51)38-48(50)3)55-18-8-9-19-56(55)79(109)92(5)31-16-25-68(99)94-33-15-24-66(94)81(111)96-35-13-21-63(96)76(106)86-30-11-10-20-59(80(110)95-34-14-23-65(95)78(108)89-61(43-71(101)102)75(105)90-62(82(112)113)44-72(103)104)88-77(107)64-22-12-32-93(64)69(100)29-37-130-129-36-28-67(98)87-45-53-46-97(83(114)91-74(53)84)70-27-26-54(123-70)47-122-127(118,119)125-128(120,121)124-126(115,116)117/h8-9,18-19,38-40,42,46,54,58-59,61-66,70,73H,6-7,10-17,20-37,41,43-45,47H2,1-5H3,(H,86,106)(H,87,98)(H,88,107)(H,89,108)(H,90,105)(H,101,102)(H,103,104)(H,112,113)(H,118,119)(H,120,121)(H2,84,91,114)(H2,115,116,117)/b85-60+/t54-,58?,59?,61?,62?,63?,64?,65?,66?,70+,73?/m0/s1. The summed E-state index contributed by atoms with van der Waals surface area (Å²) < 4.78 is 53.8. The number of anilines is 1. The average molecular weight is 1910 g/mol. The Hall–Kier alpha value is -9.55. The molecule has 13 atom stereocenters. The van der Waals surface area contributed by atoms with Gasteiger partial charge < -0.3 is 96.4 Å². The molecule has 0 bridgehead atoms. The second kappa shape index (κ2) is 46.7. The number of carboxylic acids is 3. The van der Waals surface area contributed by atoms with Crippen molar-refractivity contribution in [2.45, 2.75) is 236 Å². The van der Waals surface area contributed by atoms with Gasteiger partial charge in [0, 0.05) is 119 Å². The van der Waals surface area contributed by atoms with Gasteiger partial charge >= 0.3 is 47.1 Å². The Labute approximate surface area is 758 Å². The van der Waals surface area contributed by atoms with Crippen LogP contribution in [-0.4, -0.2) is 271 Å². The summed E-state index contributed by atoms with van der Waals surface area (Å²) in [5, 5.41) is 41.3. The van der Waals surface area contributed by atoms with Crippen molar-refractivity contribution in [3.05, 3.63) is 115 Å². The number of phosphoric acid groups is 3. The molecule has 1 aromatic heterocycles. The van der Waals surface area contributed by atoms with E-state index in [4.69, 9.17) is 25.2 Å². The fourth-order valence-corrected chi connectivity index (χ4v) is 22.6. The van der Waals surface area contributed by atoms with Gasteiger partial charge in [0.05, 0.1) is 31.3 Å². The average Bonchev–Trinajstić information content (AvgIpc) is 1.01. The largest absolute Gasteiger partial charge is 0.490 e. The van der Waals surface area contributed by atoms with Gasteiger partial charge in [-0.2, -0.15) is 13.6 Å². The van der Waals surface area contributed by atoms with E-state index in [-0.39, 0.29) is 162 Å². The van der Waals surface area contributed by atoms with Crippen LogP contribution in [0.3, 0.4) is 0 Å². The number of fused-ring (bicyclic) bond motifs is 2. The molecule has 6 heterocycles. The van der Waals surface area contributed by atoms with Crippen molar-refractivity contribution in [1.29, 1.82) is 0 Å². The number of aliphatic carboxylic acids is 3. The van der Waals surface area contributed by atoms with E-state index in [0.717, 1.165) is 45.6 Å². The minimum atomic E-state index is -5.78. The summed E-state index contributed by atoms with van der Waals surface area (Å²) in [4.78, 5) is 243. The van der Waals surface area contributed by atoms with Crippen LogP contribution in [0, 0.1) is 12.8 Å². The predicted octanol–water partition coefficient (Wildman–Crippen LogP) is 4.83. The lowest BCUT2D eigenvalue weighted by Crippen LogP contribution is -2.58. The first-order valence-corrected chi connectivity index (χ1v) is 50.4. The van der Waals surface area contributed by atoms with Crippen molar-refractivity contribution in [3.63, 3.8) is 0 Å².